The monoisotopic (exact) mass is 556 g/mol. The lowest BCUT2D eigenvalue weighted by Gasteiger charge is -2.13. The fraction of sp³-hybridized carbons (Fsp3) is 0.148. The van der Waals surface area contributed by atoms with Gasteiger partial charge in [0.2, 0.25) is 0 Å². The van der Waals surface area contributed by atoms with Gasteiger partial charge in [0, 0.05) is 22.2 Å². The molecule has 3 aromatic carbocycles. The molecule has 1 aliphatic rings. The quantitative estimate of drug-likeness (QED) is 0.303. The summed E-state index contributed by atoms with van der Waals surface area (Å²) in [6.07, 6.45) is 1.77. The Morgan fingerprint density at radius 2 is 1.84 bits per heavy atom. The van der Waals surface area contributed by atoms with Gasteiger partial charge in [-0.25, -0.2) is 9.79 Å². The number of hydrogen-bond acceptors (Lipinski definition) is 6. The van der Waals surface area contributed by atoms with E-state index < -0.39 is 5.97 Å². The van der Waals surface area contributed by atoms with E-state index in [4.69, 9.17) is 37.8 Å². The highest BCUT2D eigenvalue weighted by atomic mass is 35.5. The Kier molecular flexibility index (Phi) is 8.43. The van der Waals surface area contributed by atoms with Gasteiger partial charge in [-0.05, 0) is 78.9 Å². The zero-order valence-corrected chi connectivity index (χ0v) is 22.2. The number of carbonyl (C=O) groups is 2. The molecule has 0 aromatic heterocycles. The Balaban J connectivity index is 1.53. The number of aromatic carboxylic acids is 1. The summed E-state index contributed by atoms with van der Waals surface area (Å²) >= 11 is 13.4. The zero-order chi connectivity index (χ0) is 26.5. The molecule has 1 saturated heterocycles. The first kappa shape index (κ1) is 26.6. The van der Waals surface area contributed by atoms with Crippen molar-refractivity contribution in [2.24, 2.45) is 4.99 Å². The van der Waals surface area contributed by atoms with E-state index in [9.17, 15) is 9.59 Å². The Hall–Kier alpha value is -3.46. The summed E-state index contributed by atoms with van der Waals surface area (Å²) < 4.78 is 11.4. The van der Waals surface area contributed by atoms with E-state index in [-0.39, 0.29) is 18.1 Å². The predicted octanol–water partition coefficient (Wildman–Crippen LogP) is 6.90. The van der Waals surface area contributed by atoms with Crippen LogP contribution in [0, 0.1) is 0 Å². The van der Waals surface area contributed by atoms with Gasteiger partial charge in [0.25, 0.3) is 5.91 Å². The number of carboxylic acid groups (broad SMARTS) is 1. The molecule has 1 aliphatic heterocycles. The van der Waals surface area contributed by atoms with Crippen molar-refractivity contribution in [3.8, 4) is 11.5 Å². The molecule has 0 saturated carbocycles. The molecular formula is C27H22Cl2N2O5S. The summed E-state index contributed by atoms with van der Waals surface area (Å²) in [5.74, 6) is -0.131. The van der Waals surface area contributed by atoms with Crippen LogP contribution in [0.15, 0.2) is 70.6 Å². The first-order valence-electron chi connectivity index (χ1n) is 11.2. The van der Waals surface area contributed by atoms with Gasteiger partial charge in [-0.1, -0.05) is 35.3 Å². The van der Waals surface area contributed by atoms with Crippen LogP contribution >= 0.6 is 35.0 Å². The van der Waals surface area contributed by atoms with Crippen molar-refractivity contribution in [3.63, 3.8) is 0 Å². The van der Waals surface area contributed by atoms with Gasteiger partial charge < -0.3 is 14.6 Å². The summed E-state index contributed by atoms with van der Waals surface area (Å²) in [5.41, 5.74) is 2.28. The van der Waals surface area contributed by atoms with Crippen LogP contribution in [-0.4, -0.2) is 40.7 Å². The minimum absolute atomic E-state index is 0.162. The van der Waals surface area contributed by atoms with Crippen LogP contribution in [-0.2, 0) is 11.4 Å². The van der Waals surface area contributed by atoms with Gasteiger partial charge >= 0.3 is 5.97 Å². The molecule has 190 valence electrons. The van der Waals surface area contributed by atoms with Crippen LogP contribution in [0.2, 0.25) is 10.0 Å². The van der Waals surface area contributed by atoms with Crippen molar-refractivity contribution >= 4 is 63.8 Å². The Bertz CT molecular complexity index is 1410. The zero-order valence-electron chi connectivity index (χ0n) is 19.9. The fourth-order valence-electron chi connectivity index (χ4n) is 3.50. The molecule has 0 unspecified atom stereocenters. The SMILES string of the molecule is CCN1C(=O)/C(=C\c2ccc(OCc3ccc(Cl)cc3Cl)c(OC)c2)SC1=Nc1ccc(C(=O)O)cc1. The summed E-state index contributed by atoms with van der Waals surface area (Å²) in [5, 5.41) is 10.7. The molecule has 0 aliphatic carbocycles. The smallest absolute Gasteiger partial charge is 0.335 e. The number of likely N-dealkylation sites (N-methyl/N-ethyl adjacent to an activating group) is 1. The lowest BCUT2D eigenvalue weighted by atomic mass is 10.1. The molecule has 4 rings (SSSR count). The summed E-state index contributed by atoms with van der Waals surface area (Å²) in [6.45, 7) is 2.55. The van der Waals surface area contributed by atoms with Crippen LogP contribution in [0.1, 0.15) is 28.4 Å². The Morgan fingerprint density at radius 1 is 1.08 bits per heavy atom. The number of amidine groups is 1. The molecule has 1 heterocycles. The molecular weight excluding hydrogens is 535 g/mol. The van der Waals surface area contributed by atoms with Crippen molar-refractivity contribution in [1.29, 1.82) is 0 Å². The van der Waals surface area contributed by atoms with Crippen molar-refractivity contribution < 1.29 is 24.2 Å². The number of ether oxygens (including phenoxy) is 2. The van der Waals surface area contributed by atoms with E-state index in [1.807, 2.05) is 13.0 Å². The number of hydrogen-bond donors (Lipinski definition) is 1. The van der Waals surface area contributed by atoms with Crippen molar-refractivity contribution in [3.05, 3.63) is 92.3 Å². The minimum Gasteiger partial charge on any atom is -0.493 e. The number of methoxy groups -OCH3 is 1. The van der Waals surface area contributed by atoms with E-state index in [0.29, 0.717) is 43.8 Å². The van der Waals surface area contributed by atoms with Crippen molar-refractivity contribution in [1.82, 2.24) is 4.90 Å². The molecule has 0 radical (unpaired) electrons. The summed E-state index contributed by atoms with van der Waals surface area (Å²) in [7, 11) is 1.54. The van der Waals surface area contributed by atoms with E-state index >= 15 is 0 Å². The molecule has 1 fully saturated rings. The maximum Gasteiger partial charge on any atom is 0.335 e. The van der Waals surface area contributed by atoms with Crippen LogP contribution in [0.4, 0.5) is 5.69 Å². The summed E-state index contributed by atoms with van der Waals surface area (Å²) in [6, 6.07) is 16.8. The number of rotatable bonds is 8. The van der Waals surface area contributed by atoms with E-state index in [2.05, 4.69) is 4.99 Å². The second kappa shape index (κ2) is 11.7. The number of benzene rings is 3. The highest BCUT2D eigenvalue weighted by Gasteiger charge is 2.32. The van der Waals surface area contributed by atoms with Gasteiger partial charge in [0.15, 0.2) is 16.7 Å². The van der Waals surface area contributed by atoms with E-state index in [1.54, 1.807) is 60.6 Å². The molecule has 37 heavy (non-hydrogen) atoms. The number of nitrogens with zero attached hydrogens (tertiary/aromatic N) is 2. The van der Waals surface area contributed by atoms with Crippen molar-refractivity contribution in [2.45, 2.75) is 13.5 Å². The van der Waals surface area contributed by atoms with Gasteiger partial charge in [-0.2, -0.15) is 0 Å². The number of aliphatic imine (C=N–C) groups is 1. The number of halogens is 2. The largest absolute Gasteiger partial charge is 0.493 e. The highest BCUT2D eigenvalue weighted by molar-refractivity contribution is 8.18. The van der Waals surface area contributed by atoms with E-state index in [1.165, 1.54) is 23.9 Å². The Labute approximate surface area is 228 Å². The topological polar surface area (TPSA) is 88.4 Å². The molecule has 3 aromatic rings. The van der Waals surface area contributed by atoms with Gasteiger partial charge in [0.1, 0.15) is 6.61 Å². The average Bonchev–Trinajstić information content (AvgIpc) is 3.17. The predicted molar refractivity (Wildman–Crippen MR) is 147 cm³/mol. The van der Waals surface area contributed by atoms with Crippen LogP contribution in [0.3, 0.4) is 0 Å². The number of thioether (sulfide) groups is 1. The lowest BCUT2D eigenvalue weighted by molar-refractivity contribution is -0.122. The van der Waals surface area contributed by atoms with Crippen LogP contribution < -0.4 is 9.47 Å². The number of carboxylic acids is 1. The van der Waals surface area contributed by atoms with Gasteiger partial charge in [-0.3, -0.25) is 9.69 Å². The first-order valence-corrected chi connectivity index (χ1v) is 12.7. The van der Waals surface area contributed by atoms with Crippen LogP contribution in [0.5, 0.6) is 11.5 Å². The van der Waals surface area contributed by atoms with Crippen molar-refractivity contribution in [2.75, 3.05) is 13.7 Å². The standard InChI is InChI=1S/C27H22Cl2N2O5S/c1-3-31-25(32)24(37-27(31)30-20-9-6-17(7-10-20)26(33)34)13-16-4-11-22(23(12-16)35-2)36-15-18-5-8-19(28)14-21(18)29/h4-14H,3,15H2,1-2H3,(H,33,34)/b24-13+,30-27?. The summed E-state index contributed by atoms with van der Waals surface area (Å²) in [4.78, 5) is 30.7. The maximum absolute atomic E-state index is 13.0. The average molecular weight is 557 g/mol. The maximum atomic E-state index is 13.0. The molecule has 0 spiro atoms. The molecule has 0 atom stereocenters. The second-order valence-electron chi connectivity index (χ2n) is 7.84. The normalized spacial score (nSPS) is 15.5. The highest BCUT2D eigenvalue weighted by Crippen LogP contribution is 2.36. The first-order chi connectivity index (χ1) is 17.8. The number of amides is 1. The second-order valence-corrected chi connectivity index (χ2v) is 9.69. The third kappa shape index (κ3) is 6.28. The number of carbonyl (C=O) groups excluding carboxylic acids is 1. The molecule has 0 bridgehead atoms. The van der Waals surface area contributed by atoms with Gasteiger partial charge in [0.05, 0.1) is 23.3 Å². The third-order valence-electron chi connectivity index (χ3n) is 5.43. The molecule has 1 amide bonds. The fourth-order valence-corrected chi connectivity index (χ4v) is 5.02. The Morgan fingerprint density at radius 3 is 2.49 bits per heavy atom. The third-order valence-corrected chi connectivity index (χ3v) is 7.02. The molecule has 1 N–H and O–H groups in total. The molecule has 7 nitrogen and oxygen atoms in total. The van der Waals surface area contributed by atoms with Crippen LogP contribution in [0.25, 0.3) is 6.08 Å². The van der Waals surface area contributed by atoms with Gasteiger partial charge in [-0.15, -0.1) is 0 Å². The lowest BCUT2D eigenvalue weighted by Crippen LogP contribution is -2.28. The van der Waals surface area contributed by atoms with E-state index in [0.717, 1.165) is 11.1 Å². The minimum atomic E-state index is -1.01. The molecule has 10 heteroatoms.